The number of carboxylic acid groups (broad SMARTS) is 1. The lowest BCUT2D eigenvalue weighted by atomic mass is 10.1. The molecular formula is C12H14N4O5. The van der Waals surface area contributed by atoms with E-state index in [1.807, 2.05) is 0 Å². The van der Waals surface area contributed by atoms with Crippen molar-refractivity contribution in [2.75, 3.05) is 19.0 Å². The fourth-order valence-electron chi connectivity index (χ4n) is 1.69. The number of hydrogen-bond acceptors (Lipinski definition) is 7. The van der Waals surface area contributed by atoms with Gasteiger partial charge in [-0.3, -0.25) is 10.1 Å². The summed E-state index contributed by atoms with van der Waals surface area (Å²) in [5.41, 5.74) is -0.712. The molecule has 21 heavy (non-hydrogen) atoms. The van der Waals surface area contributed by atoms with E-state index in [1.54, 1.807) is 6.07 Å². The molecule has 1 unspecified atom stereocenters. The molecule has 9 heteroatoms. The van der Waals surface area contributed by atoms with Crippen LogP contribution < -0.4 is 5.32 Å². The molecular weight excluding hydrogens is 280 g/mol. The zero-order chi connectivity index (χ0) is 15.8. The van der Waals surface area contributed by atoms with E-state index in [0.717, 1.165) is 0 Å². The molecule has 0 bridgehead atoms. The van der Waals surface area contributed by atoms with E-state index in [0.29, 0.717) is 13.0 Å². The minimum Gasteiger partial charge on any atom is -0.480 e. The van der Waals surface area contributed by atoms with Crippen LogP contribution in [0.1, 0.15) is 18.4 Å². The number of carbonyl (C=O) groups is 1. The second-order valence-corrected chi connectivity index (χ2v) is 4.09. The van der Waals surface area contributed by atoms with Gasteiger partial charge in [-0.25, -0.2) is 9.78 Å². The highest BCUT2D eigenvalue weighted by Gasteiger charge is 2.25. The predicted octanol–water partition coefficient (Wildman–Crippen LogP) is 1.15. The van der Waals surface area contributed by atoms with Crippen molar-refractivity contribution in [3.8, 4) is 6.07 Å². The first-order valence-electron chi connectivity index (χ1n) is 6.03. The third-order valence-corrected chi connectivity index (χ3v) is 2.68. The van der Waals surface area contributed by atoms with E-state index < -0.39 is 22.6 Å². The van der Waals surface area contributed by atoms with E-state index in [-0.39, 0.29) is 17.8 Å². The average Bonchev–Trinajstić information content (AvgIpc) is 2.45. The van der Waals surface area contributed by atoms with Crippen LogP contribution in [0.4, 0.5) is 11.5 Å². The van der Waals surface area contributed by atoms with Gasteiger partial charge in [0.2, 0.25) is 5.82 Å². The minimum absolute atomic E-state index is 0.182. The smallest absolute Gasteiger partial charge is 0.328 e. The fourth-order valence-corrected chi connectivity index (χ4v) is 1.69. The van der Waals surface area contributed by atoms with Crippen molar-refractivity contribution in [1.29, 1.82) is 5.26 Å². The third-order valence-electron chi connectivity index (χ3n) is 2.68. The van der Waals surface area contributed by atoms with Gasteiger partial charge >= 0.3 is 11.7 Å². The minimum atomic E-state index is -1.16. The van der Waals surface area contributed by atoms with E-state index in [4.69, 9.17) is 15.1 Å². The number of ether oxygens (including phenoxy) is 1. The lowest BCUT2D eigenvalue weighted by Crippen LogP contribution is -2.30. The number of nitro groups is 1. The molecule has 0 aromatic carbocycles. The number of pyridine rings is 1. The van der Waals surface area contributed by atoms with Crippen molar-refractivity contribution in [2.45, 2.75) is 18.9 Å². The van der Waals surface area contributed by atoms with Crippen LogP contribution in [0.2, 0.25) is 0 Å². The highest BCUT2D eigenvalue weighted by Crippen LogP contribution is 2.26. The molecule has 9 nitrogen and oxygen atoms in total. The van der Waals surface area contributed by atoms with Gasteiger partial charge in [-0.1, -0.05) is 0 Å². The molecule has 1 rings (SSSR count). The second kappa shape index (κ2) is 7.76. The third kappa shape index (κ3) is 4.39. The Kier molecular flexibility index (Phi) is 6.03. The quantitative estimate of drug-likeness (QED) is 0.413. The molecule has 112 valence electrons. The second-order valence-electron chi connectivity index (χ2n) is 4.09. The van der Waals surface area contributed by atoms with Gasteiger partial charge in [0, 0.05) is 19.9 Å². The van der Waals surface area contributed by atoms with E-state index >= 15 is 0 Å². The molecule has 1 aromatic rings. The summed E-state index contributed by atoms with van der Waals surface area (Å²) in [7, 11) is 1.49. The molecule has 0 amide bonds. The lowest BCUT2D eigenvalue weighted by molar-refractivity contribution is -0.384. The molecule has 0 fully saturated rings. The fraction of sp³-hybridized carbons (Fsp3) is 0.417. The SMILES string of the molecule is COCCCC(Nc1nccc(C#N)c1[N+](=O)[O-])C(=O)O. The molecule has 0 saturated carbocycles. The summed E-state index contributed by atoms with van der Waals surface area (Å²) < 4.78 is 4.83. The summed E-state index contributed by atoms with van der Waals surface area (Å²) in [6.45, 7) is 0.374. The Morgan fingerprint density at radius 2 is 2.43 bits per heavy atom. The van der Waals surface area contributed by atoms with E-state index in [9.17, 15) is 14.9 Å². The number of nitrogens with one attached hydrogen (secondary N) is 1. The van der Waals surface area contributed by atoms with Crippen molar-refractivity contribution >= 4 is 17.5 Å². The van der Waals surface area contributed by atoms with Gasteiger partial charge in [0.15, 0.2) is 0 Å². The number of aromatic nitrogens is 1. The van der Waals surface area contributed by atoms with Gasteiger partial charge in [-0.15, -0.1) is 0 Å². The lowest BCUT2D eigenvalue weighted by Gasteiger charge is -2.14. The molecule has 1 atom stereocenters. The van der Waals surface area contributed by atoms with Gasteiger partial charge in [-0.05, 0) is 18.9 Å². The van der Waals surface area contributed by atoms with Crippen LogP contribution in [0.25, 0.3) is 0 Å². The topological polar surface area (TPSA) is 138 Å². The number of methoxy groups -OCH3 is 1. The molecule has 0 radical (unpaired) electrons. The van der Waals surface area contributed by atoms with Crippen molar-refractivity contribution in [3.63, 3.8) is 0 Å². The summed E-state index contributed by atoms with van der Waals surface area (Å²) in [5, 5.41) is 31.5. The van der Waals surface area contributed by atoms with Gasteiger partial charge in [-0.2, -0.15) is 5.26 Å². The average molecular weight is 294 g/mol. The molecule has 0 aliphatic rings. The zero-order valence-electron chi connectivity index (χ0n) is 11.3. The first-order chi connectivity index (χ1) is 10.0. The number of rotatable bonds is 8. The van der Waals surface area contributed by atoms with Crippen molar-refractivity contribution in [1.82, 2.24) is 4.98 Å². The Morgan fingerprint density at radius 3 is 2.95 bits per heavy atom. The van der Waals surface area contributed by atoms with Gasteiger partial charge < -0.3 is 15.2 Å². The maximum Gasteiger partial charge on any atom is 0.328 e. The van der Waals surface area contributed by atoms with Crippen LogP contribution in [-0.2, 0) is 9.53 Å². The molecule has 0 aliphatic heterocycles. The number of anilines is 1. The Bertz CT molecular complexity index is 569. The van der Waals surface area contributed by atoms with Crippen LogP contribution in [0.3, 0.4) is 0 Å². The summed E-state index contributed by atoms with van der Waals surface area (Å²) in [6.07, 6.45) is 1.88. The van der Waals surface area contributed by atoms with Gasteiger partial charge in [0.25, 0.3) is 0 Å². The Labute approximate surface area is 120 Å². The van der Waals surface area contributed by atoms with Crippen molar-refractivity contribution < 1.29 is 19.6 Å². The molecule has 0 aliphatic carbocycles. The van der Waals surface area contributed by atoms with Gasteiger partial charge in [0.05, 0.1) is 4.92 Å². The maximum absolute atomic E-state index is 11.2. The van der Waals surface area contributed by atoms with Crippen LogP contribution in [0.15, 0.2) is 12.3 Å². The van der Waals surface area contributed by atoms with Gasteiger partial charge in [0.1, 0.15) is 17.7 Å². The van der Waals surface area contributed by atoms with E-state index in [1.165, 1.54) is 19.4 Å². The van der Waals surface area contributed by atoms with Crippen molar-refractivity contribution in [2.24, 2.45) is 0 Å². The number of hydrogen-bond donors (Lipinski definition) is 2. The number of nitriles is 1. The van der Waals surface area contributed by atoms with Crippen LogP contribution in [0.5, 0.6) is 0 Å². The molecule has 0 spiro atoms. The summed E-state index contributed by atoms with van der Waals surface area (Å²) in [6, 6.07) is 1.83. The largest absolute Gasteiger partial charge is 0.480 e. The zero-order valence-corrected chi connectivity index (χ0v) is 11.3. The molecule has 0 saturated heterocycles. The standard InChI is InChI=1S/C12H14N4O5/c1-21-6-2-3-9(12(17)18)15-11-10(16(19)20)8(7-13)4-5-14-11/h4-5,9H,2-3,6H2,1H3,(H,14,15)(H,17,18). The predicted molar refractivity (Wildman–Crippen MR) is 71.8 cm³/mol. The van der Waals surface area contributed by atoms with Crippen LogP contribution >= 0.6 is 0 Å². The first kappa shape index (κ1) is 16.3. The Hall–Kier alpha value is -2.73. The summed E-state index contributed by atoms with van der Waals surface area (Å²) in [4.78, 5) is 25.2. The Morgan fingerprint density at radius 1 is 1.71 bits per heavy atom. The monoisotopic (exact) mass is 294 g/mol. The highest BCUT2D eigenvalue weighted by molar-refractivity contribution is 5.78. The highest BCUT2D eigenvalue weighted by atomic mass is 16.6. The Balaban J connectivity index is 3.01. The number of carboxylic acids is 1. The maximum atomic E-state index is 11.2. The molecule has 2 N–H and O–H groups in total. The summed E-state index contributed by atoms with van der Waals surface area (Å²) in [5.74, 6) is -1.39. The molecule has 1 heterocycles. The van der Waals surface area contributed by atoms with Crippen molar-refractivity contribution in [3.05, 3.63) is 27.9 Å². The molecule has 1 aromatic heterocycles. The number of aliphatic carboxylic acids is 1. The van der Waals surface area contributed by atoms with Crippen LogP contribution in [-0.4, -0.2) is 40.7 Å². The number of nitrogens with zero attached hydrogens (tertiary/aromatic N) is 3. The van der Waals surface area contributed by atoms with E-state index in [2.05, 4.69) is 10.3 Å². The normalized spacial score (nSPS) is 11.4. The summed E-state index contributed by atoms with van der Waals surface area (Å²) >= 11 is 0. The van der Waals surface area contributed by atoms with Crippen LogP contribution in [0, 0.1) is 21.4 Å². The first-order valence-corrected chi connectivity index (χ1v) is 6.03.